The Balaban J connectivity index is 2.52. The summed E-state index contributed by atoms with van der Waals surface area (Å²) in [7, 11) is 0. The van der Waals surface area contributed by atoms with Crippen LogP contribution in [0.4, 0.5) is 0 Å². The van der Waals surface area contributed by atoms with Gasteiger partial charge in [0.15, 0.2) is 0 Å². The Hall–Kier alpha value is -1.11. The molecule has 0 heterocycles. The summed E-state index contributed by atoms with van der Waals surface area (Å²) in [5.74, 6) is 0.852. The zero-order valence-corrected chi connectivity index (χ0v) is 12.4. The molecule has 0 saturated carbocycles. The first kappa shape index (κ1) is 14.9. The van der Waals surface area contributed by atoms with Gasteiger partial charge in [0.2, 0.25) is 0 Å². The molecule has 0 bridgehead atoms. The van der Waals surface area contributed by atoms with Gasteiger partial charge in [-0.05, 0) is 28.9 Å². The monoisotopic (exact) mass is 246 g/mol. The van der Waals surface area contributed by atoms with Crippen LogP contribution < -0.4 is 0 Å². The minimum absolute atomic E-state index is 0.200. The van der Waals surface area contributed by atoms with E-state index in [2.05, 4.69) is 58.9 Å². The third kappa shape index (κ3) is 5.03. The number of benzene rings is 1. The van der Waals surface area contributed by atoms with Crippen molar-refractivity contribution in [3.8, 4) is 0 Å². The number of carbonyl (C=O) groups excluding carboxylic acids is 1. The van der Waals surface area contributed by atoms with Crippen molar-refractivity contribution in [3.63, 3.8) is 0 Å². The van der Waals surface area contributed by atoms with Gasteiger partial charge in [-0.2, -0.15) is 0 Å². The van der Waals surface area contributed by atoms with Crippen molar-refractivity contribution < 1.29 is 4.79 Å². The average Bonchev–Trinajstić information content (AvgIpc) is 2.25. The third-order valence-corrected chi connectivity index (χ3v) is 3.15. The molecule has 0 aromatic heterocycles. The van der Waals surface area contributed by atoms with Crippen LogP contribution in [-0.2, 0) is 16.6 Å². The van der Waals surface area contributed by atoms with Crippen LogP contribution in [0.5, 0.6) is 0 Å². The Morgan fingerprint density at radius 3 is 2.11 bits per heavy atom. The number of rotatable bonds is 5. The van der Waals surface area contributed by atoms with Gasteiger partial charge in [-0.1, -0.05) is 58.9 Å². The van der Waals surface area contributed by atoms with Crippen molar-refractivity contribution in [1.82, 2.24) is 0 Å². The van der Waals surface area contributed by atoms with Crippen LogP contribution in [-0.4, -0.2) is 5.78 Å². The van der Waals surface area contributed by atoms with Gasteiger partial charge in [-0.3, -0.25) is 4.79 Å². The molecule has 0 aliphatic carbocycles. The maximum Gasteiger partial charge on any atom is 0.133 e. The topological polar surface area (TPSA) is 17.1 Å². The first-order valence-corrected chi connectivity index (χ1v) is 6.90. The van der Waals surface area contributed by atoms with E-state index in [0.717, 1.165) is 6.42 Å². The summed E-state index contributed by atoms with van der Waals surface area (Å²) in [5, 5.41) is 0. The summed E-state index contributed by atoms with van der Waals surface area (Å²) in [6.07, 6.45) is 2.25. The van der Waals surface area contributed by atoms with Gasteiger partial charge in [0.1, 0.15) is 5.78 Å². The summed E-state index contributed by atoms with van der Waals surface area (Å²) in [6.45, 7) is 10.8. The second kappa shape index (κ2) is 6.17. The molecule has 0 fully saturated rings. The molecule has 1 rings (SSSR count). The molecule has 0 spiro atoms. The van der Waals surface area contributed by atoms with E-state index in [1.54, 1.807) is 0 Å². The highest BCUT2D eigenvalue weighted by atomic mass is 16.1. The molecule has 0 aliphatic heterocycles. The number of aryl methyl sites for hydroxylation is 1. The molecular formula is C17H26O. The fourth-order valence-electron chi connectivity index (χ4n) is 2.01. The number of hydrogen-bond acceptors (Lipinski definition) is 1. The van der Waals surface area contributed by atoms with Crippen molar-refractivity contribution in [3.05, 3.63) is 35.4 Å². The first-order valence-electron chi connectivity index (χ1n) is 6.90. The highest BCUT2D eigenvalue weighted by molar-refractivity contribution is 5.78. The summed E-state index contributed by atoms with van der Waals surface area (Å²) in [4.78, 5) is 11.7. The van der Waals surface area contributed by atoms with Crippen LogP contribution in [0.3, 0.4) is 0 Å². The van der Waals surface area contributed by atoms with Gasteiger partial charge >= 0.3 is 0 Å². The molecule has 0 aliphatic rings. The Morgan fingerprint density at radius 2 is 1.67 bits per heavy atom. The standard InChI is InChI=1S/C17H26O/c1-13(2)12-16(18)11-8-14-6-9-15(10-7-14)17(3,4)5/h6-7,9-10,13H,8,11-12H2,1-5H3. The molecule has 0 N–H and O–H groups in total. The van der Waals surface area contributed by atoms with Crippen molar-refractivity contribution >= 4 is 5.78 Å². The van der Waals surface area contributed by atoms with Crippen LogP contribution in [0.15, 0.2) is 24.3 Å². The lowest BCUT2D eigenvalue weighted by Gasteiger charge is -2.19. The van der Waals surface area contributed by atoms with Gasteiger partial charge in [-0.25, -0.2) is 0 Å². The molecule has 100 valence electrons. The quantitative estimate of drug-likeness (QED) is 0.746. The zero-order chi connectivity index (χ0) is 13.8. The van der Waals surface area contributed by atoms with Crippen molar-refractivity contribution in [2.45, 2.75) is 59.3 Å². The average molecular weight is 246 g/mol. The smallest absolute Gasteiger partial charge is 0.133 e. The van der Waals surface area contributed by atoms with Crippen LogP contribution >= 0.6 is 0 Å². The van der Waals surface area contributed by atoms with Gasteiger partial charge in [0.25, 0.3) is 0 Å². The fourth-order valence-corrected chi connectivity index (χ4v) is 2.01. The number of ketones is 1. The summed E-state index contributed by atoms with van der Waals surface area (Å²) in [6, 6.07) is 8.68. The Bertz CT molecular complexity index is 379. The molecule has 0 saturated heterocycles. The molecule has 0 radical (unpaired) electrons. The minimum atomic E-state index is 0.200. The maximum atomic E-state index is 11.7. The van der Waals surface area contributed by atoms with Crippen LogP contribution in [0, 0.1) is 5.92 Å². The number of carbonyl (C=O) groups is 1. The zero-order valence-electron chi connectivity index (χ0n) is 12.4. The van der Waals surface area contributed by atoms with Crippen molar-refractivity contribution in [2.75, 3.05) is 0 Å². The van der Waals surface area contributed by atoms with Gasteiger partial charge < -0.3 is 0 Å². The van der Waals surface area contributed by atoms with E-state index in [4.69, 9.17) is 0 Å². The number of Topliss-reactive ketones (excluding diaryl/α,β-unsaturated/α-hetero) is 1. The molecule has 1 aromatic carbocycles. The molecule has 1 nitrogen and oxygen atoms in total. The SMILES string of the molecule is CC(C)CC(=O)CCc1ccc(C(C)(C)C)cc1. The predicted octanol–water partition coefficient (Wildman–Crippen LogP) is 4.53. The van der Waals surface area contributed by atoms with Gasteiger partial charge in [-0.15, -0.1) is 0 Å². The van der Waals surface area contributed by atoms with E-state index in [0.29, 0.717) is 24.5 Å². The molecule has 0 amide bonds. The fraction of sp³-hybridized carbons (Fsp3) is 0.588. The lowest BCUT2D eigenvalue weighted by molar-refractivity contribution is -0.119. The van der Waals surface area contributed by atoms with E-state index in [9.17, 15) is 4.79 Å². The van der Waals surface area contributed by atoms with E-state index in [1.165, 1.54) is 11.1 Å². The molecule has 0 unspecified atom stereocenters. The summed E-state index contributed by atoms with van der Waals surface area (Å²) in [5.41, 5.74) is 2.81. The summed E-state index contributed by atoms with van der Waals surface area (Å²) >= 11 is 0. The Morgan fingerprint density at radius 1 is 1.11 bits per heavy atom. The van der Waals surface area contributed by atoms with E-state index < -0.39 is 0 Å². The Labute approximate surface area is 112 Å². The lowest BCUT2D eigenvalue weighted by atomic mass is 9.86. The Kier molecular flexibility index (Phi) is 5.13. The van der Waals surface area contributed by atoms with Gasteiger partial charge in [0, 0.05) is 12.8 Å². The lowest BCUT2D eigenvalue weighted by Crippen LogP contribution is -2.10. The second-order valence-corrected chi connectivity index (χ2v) is 6.58. The van der Waals surface area contributed by atoms with Crippen molar-refractivity contribution in [1.29, 1.82) is 0 Å². The van der Waals surface area contributed by atoms with E-state index in [1.807, 2.05) is 0 Å². The predicted molar refractivity (Wildman–Crippen MR) is 77.9 cm³/mol. The highest BCUT2D eigenvalue weighted by Crippen LogP contribution is 2.22. The second-order valence-electron chi connectivity index (χ2n) is 6.58. The molecule has 18 heavy (non-hydrogen) atoms. The van der Waals surface area contributed by atoms with E-state index >= 15 is 0 Å². The largest absolute Gasteiger partial charge is 0.300 e. The third-order valence-electron chi connectivity index (χ3n) is 3.15. The van der Waals surface area contributed by atoms with Crippen LogP contribution in [0.2, 0.25) is 0 Å². The van der Waals surface area contributed by atoms with Crippen molar-refractivity contribution in [2.24, 2.45) is 5.92 Å². The molecule has 1 heteroatoms. The van der Waals surface area contributed by atoms with Gasteiger partial charge in [0.05, 0.1) is 0 Å². The number of hydrogen-bond donors (Lipinski definition) is 0. The molecular weight excluding hydrogens is 220 g/mol. The van der Waals surface area contributed by atoms with Crippen LogP contribution in [0.1, 0.15) is 58.6 Å². The highest BCUT2D eigenvalue weighted by Gasteiger charge is 2.13. The molecule has 0 atom stereocenters. The molecule has 1 aromatic rings. The minimum Gasteiger partial charge on any atom is -0.300 e. The van der Waals surface area contributed by atoms with Crippen LogP contribution in [0.25, 0.3) is 0 Å². The van der Waals surface area contributed by atoms with E-state index in [-0.39, 0.29) is 5.41 Å². The maximum absolute atomic E-state index is 11.7. The summed E-state index contributed by atoms with van der Waals surface area (Å²) < 4.78 is 0. The normalized spacial score (nSPS) is 11.9. The first-order chi connectivity index (χ1) is 8.29.